The lowest BCUT2D eigenvalue weighted by atomic mass is 10.2. The molecule has 1 saturated heterocycles. The number of anilines is 1. The van der Waals surface area contributed by atoms with Gasteiger partial charge in [-0.3, -0.25) is 9.36 Å². The molecular weight excluding hydrogens is 410 g/mol. The molecule has 1 unspecified atom stereocenters. The third kappa shape index (κ3) is 2.69. The molecule has 0 amide bonds. The molecule has 0 aromatic carbocycles. The minimum absolute atomic E-state index is 0.153. The van der Waals surface area contributed by atoms with Gasteiger partial charge in [0.25, 0.3) is 5.56 Å². The lowest BCUT2D eigenvalue weighted by Gasteiger charge is -2.20. The first-order valence-electron chi connectivity index (χ1n) is 9.52. The number of rotatable bonds is 4. The number of aromatic nitrogens is 8. The second-order valence-corrected chi connectivity index (χ2v) is 8.14. The van der Waals surface area contributed by atoms with E-state index in [2.05, 4.69) is 35.3 Å². The van der Waals surface area contributed by atoms with Crippen LogP contribution in [0.1, 0.15) is 17.6 Å². The molecule has 4 aromatic heterocycles. The third-order valence-electron chi connectivity index (χ3n) is 5.90. The molecule has 11 nitrogen and oxygen atoms in total. The van der Waals surface area contributed by atoms with Crippen molar-refractivity contribution in [1.82, 2.24) is 39.7 Å². The summed E-state index contributed by atoms with van der Waals surface area (Å²) in [7, 11) is 1.65. The van der Waals surface area contributed by atoms with E-state index in [1.807, 2.05) is 6.07 Å². The van der Waals surface area contributed by atoms with E-state index >= 15 is 0 Å². The summed E-state index contributed by atoms with van der Waals surface area (Å²) < 4.78 is 8.24. The van der Waals surface area contributed by atoms with Crippen molar-refractivity contribution in [2.24, 2.45) is 18.9 Å². The number of nitrogens with zero attached hydrogens (tertiary/aromatic N) is 9. The van der Waals surface area contributed by atoms with Gasteiger partial charge in [0.1, 0.15) is 18.7 Å². The summed E-state index contributed by atoms with van der Waals surface area (Å²) in [5.41, 5.74) is 0.401. The van der Waals surface area contributed by atoms with Crippen LogP contribution in [-0.4, -0.2) is 52.8 Å². The van der Waals surface area contributed by atoms with Gasteiger partial charge >= 0.3 is 0 Å². The molecule has 0 radical (unpaired) electrons. The monoisotopic (exact) mass is 425 g/mol. The highest BCUT2D eigenvalue weighted by molar-refractivity contribution is 6.30. The summed E-state index contributed by atoms with van der Waals surface area (Å²) in [4.78, 5) is 28.0. The van der Waals surface area contributed by atoms with Crippen LogP contribution in [-0.2, 0) is 13.6 Å². The number of piperidine rings is 1. The first-order valence-corrected chi connectivity index (χ1v) is 9.90. The zero-order valence-electron chi connectivity index (χ0n) is 15.9. The fraction of sp³-hybridized carbons (Fsp3) is 0.389. The van der Waals surface area contributed by atoms with Crippen LogP contribution in [0.25, 0.3) is 11.2 Å². The second-order valence-electron chi connectivity index (χ2n) is 7.70. The van der Waals surface area contributed by atoms with E-state index in [0.717, 1.165) is 18.9 Å². The molecule has 0 bridgehead atoms. The molecule has 0 N–H and O–H groups in total. The van der Waals surface area contributed by atoms with Crippen LogP contribution in [0.3, 0.4) is 0 Å². The van der Waals surface area contributed by atoms with Crippen molar-refractivity contribution in [3.8, 4) is 0 Å². The Morgan fingerprint density at radius 2 is 2.10 bits per heavy atom. The lowest BCUT2D eigenvalue weighted by molar-refractivity contribution is 0.363. The fourth-order valence-electron chi connectivity index (χ4n) is 4.37. The summed E-state index contributed by atoms with van der Waals surface area (Å²) in [6.45, 7) is 1.93. The van der Waals surface area contributed by atoms with Crippen molar-refractivity contribution in [1.29, 1.82) is 0 Å². The maximum absolute atomic E-state index is 12.6. The summed E-state index contributed by atoms with van der Waals surface area (Å²) >= 11 is 6.07. The fourth-order valence-corrected chi connectivity index (χ4v) is 4.52. The number of pyridine rings is 1. The Morgan fingerprint density at radius 1 is 1.27 bits per heavy atom. The van der Waals surface area contributed by atoms with Crippen LogP contribution < -0.4 is 10.5 Å². The van der Waals surface area contributed by atoms with Crippen LogP contribution in [0.15, 0.2) is 34.0 Å². The van der Waals surface area contributed by atoms with Crippen LogP contribution in [0.4, 0.5) is 5.82 Å². The Hall–Kier alpha value is -3.34. The van der Waals surface area contributed by atoms with Gasteiger partial charge in [0.2, 0.25) is 11.5 Å². The minimum Gasteiger partial charge on any atom is -0.356 e. The Labute approximate surface area is 174 Å². The number of halogens is 1. The highest BCUT2D eigenvalue weighted by Crippen LogP contribution is 2.57. The van der Waals surface area contributed by atoms with E-state index in [9.17, 15) is 4.79 Å². The maximum atomic E-state index is 12.6. The topological polar surface area (TPSA) is 121 Å². The molecular formula is C18H16ClN9O2. The van der Waals surface area contributed by atoms with Crippen LogP contribution in [0, 0.1) is 11.8 Å². The lowest BCUT2D eigenvalue weighted by Crippen LogP contribution is -2.24. The van der Waals surface area contributed by atoms with E-state index in [0.29, 0.717) is 39.7 Å². The van der Waals surface area contributed by atoms with Crippen molar-refractivity contribution >= 4 is 28.6 Å². The van der Waals surface area contributed by atoms with Crippen molar-refractivity contribution in [2.75, 3.05) is 18.0 Å². The van der Waals surface area contributed by atoms with Crippen molar-refractivity contribution in [2.45, 2.75) is 12.5 Å². The summed E-state index contributed by atoms with van der Waals surface area (Å²) in [5, 5.41) is 12.5. The number of fused-ring (bicyclic) bond motifs is 2. The van der Waals surface area contributed by atoms with Crippen molar-refractivity contribution < 1.29 is 4.52 Å². The SMILES string of the molecule is Cn1nnc2ncn(Cc3nc(C4[C@H]5CN(c6cc(Cl)ccn6)C[C@@H]45)no3)c(=O)c21. The van der Waals surface area contributed by atoms with Crippen molar-refractivity contribution in [3.63, 3.8) is 0 Å². The zero-order valence-corrected chi connectivity index (χ0v) is 16.6. The molecule has 2 aliphatic rings. The molecule has 1 aliphatic carbocycles. The first kappa shape index (κ1) is 17.5. The third-order valence-corrected chi connectivity index (χ3v) is 6.14. The van der Waals surface area contributed by atoms with E-state index < -0.39 is 0 Å². The molecule has 0 spiro atoms. The van der Waals surface area contributed by atoms with E-state index in [1.165, 1.54) is 15.6 Å². The first-order chi connectivity index (χ1) is 14.6. The maximum Gasteiger partial charge on any atom is 0.281 e. The predicted molar refractivity (Wildman–Crippen MR) is 105 cm³/mol. The van der Waals surface area contributed by atoms with Gasteiger partial charge < -0.3 is 9.42 Å². The van der Waals surface area contributed by atoms with E-state index in [4.69, 9.17) is 16.1 Å². The van der Waals surface area contributed by atoms with Crippen LogP contribution >= 0.6 is 11.6 Å². The molecule has 1 aliphatic heterocycles. The molecule has 1 saturated carbocycles. The minimum atomic E-state index is -0.250. The standard InChI is InChI=1S/C18H16ClN9O2/c1-26-15-17(23-25-26)21-8-28(18(15)29)7-13-22-16(24-30-13)14-10-5-27(6-11(10)14)12-4-9(19)2-3-20-12/h2-4,8,10-11,14H,5-7H2,1H3/t10-,11+,14?. The van der Waals surface area contributed by atoms with Gasteiger partial charge in [-0.1, -0.05) is 22.0 Å². The average Bonchev–Trinajstić information content (AvgIpc) is 3.16. The molecule has 5 heterocycles. The highest BCUT2D eigenvalue weighted by Gasteiger charge is 2.58. The number of hydrogen-bond donors (Lipinski definition) is 0. The highest BCUT2D eigenvalue weighted by atomic mass is 35.5. The van der Waals surface area contributed by atoms with Crippen LogP contribution in [0.2, 0.25) is 5.02 Å². The molecule has 3 atom stereocenters. The summed E-state index contributed by atoms with van der Waals surface area (Å²) in [6.07, 6.45) is 3.14. The van der Waals surface area contributed by atoms with Gasteiger partial charge in [0.15, 0.2) is 11.3 Å². The van der Waals surface area contributed by atoms with Gasteiger partial charge in [-0.25, -0.2) is 14.6 Å². The summed E-state index contributed by atoms with van der Waals surface area (Å²) in [5.74, 6) is 3.19. The van der Waals surface area contributed by atoms with Gasteiger partial charge in [-0.15, -0.1) is 5.10 Å². The average molecular weight is 426 g/mol. The quantitative estimate of drug-likeness (QED) is 0.468. The molecule has 6 rings (SSSR count). The Balaban J connectivity index is 1.17. The van der Waals surface area contributed by atoms with Gasteiger partial charge in [0, 0.05) is 37.3 Å². The molecule has 30 heavy (non-hydrogen) atoms. The molecule has 2 fully saturated rings. The predicted octanol–water partition coefficient (Wildman–Crippen LogP) is 0.854. The largest absolute Gasteiger partial charge is 0.356 e. The summed E-state index contributed by atoms with van der Waals surface area (Å²) in [6, 6.07) is 3.66. The second kappa shape index (κ2) is 6.33. The van der Waals surface area contributed by atoms with E-state index in [1.54, 1.807) is 19.3 Å². The van der Waals surface area contributed by atoms with Gasteiger partial charge in [0.05, 0.1) is 0 Å². The zero-order chi connectivity index (χ0) is 20.4. The smallest absolute Gasteiger partial charge is 0.281 e. The Kier molecular flexibility index (Phi) is 3.69. The molecule has 4 aromatic rings. The molecule has 152 valence electrons. The van der Waals surface area contributed by atoms with Crippen LogP contribution in [0.5, 0.6) is 0 Å². The normalized spacial score (nSPS) is 22.6. The Morgan fingerprint density at radius 3 is 2.90 bits per heavy atom. The number of aryl methyl sites for hydroxylation is 1. The number of hydrogen-bond acceptors (Lipinski definition) is 9. The molecule has 12 heteroatoms. The Bertz CT molecular complexity index is 1320. The van der Waals surface area contributed by atoms with Crippen molar-refractivity contribution in [3.05, 3.63) is 51.7 Å². The van der Waals surface area contributed by atoms with Gasteiger partial charge in [-0.05, 0) is 24.0 Å². The van der Waals surface area contributed by atoms with Gasteiger partial charge in [-0.2, -0.15) is 4.98 Å². The van der Waals surface area contributed by atoms with E-state index in [-0.39, 0.29) is 18.0 Å².